The van der Waals surface area contributed by atoms with Crippen molar-refractivity contribution in [1.29, 1.82) is 0 Å². The third-order valence-corrected chi connectivity index (χ3v) is 3.51. The molecule has 0 aromatic heterocycles. The minimum atomic E-state index is -3.24. The lowest BCUT2D eigenvalue weighted by Gasteiger charge is -2.13. The van der Waals surface area contributed by atoms with Gasteiger partial charge in [-0.15, -0.1) is 0 Å². The number of alkyl halides is 4. The average Bonchev–Trinajstić information content (AvgIpc) is 2.61. The number of carbonyl (C=O) groups is 2. The molecule has 6 nitrogen and oxygen atoms in total. The summed E-state index contributed by atoms with van der Waals surface area (Å²) >= 11 is 0. The summed E-state index contributed by atoms with van der Waals surface area (Å²) in [6, 6.07) is 9.25. The van der Waals surface area contributed by atoms with Crippen LogP contribution in [-0.2, 0) is 11.2 Å². The van der Waals surface area contributed by atoms with Crippen LogP contribution in [0, 0.1) is 0 Å². The van der Waals surface area contributed by atoms with Crippen LogP contribution < -0.4 is 14.8 Å². The Labute approximate surface area is 156 Å². The molecule has 0 spiro atoms. The lowest BCUT2D eigenvalue weighted by Crippen LogP contribution is -2.15. The van der Waals surface area contributed by atoms with E-state index in [0.29, 0.717) is 5.56 Å². The normalized spacial score (nSPS) is 10.8. The average molecular weight is 401 g/mol. The van der Waals surface area contributed by atoms with Crippen LogP contribution in [0.3, 0.4) is 0 Å². The van der Waals surface area contributed by atoms with Crippen molar-refractivity contribution in [3.05, 3.63) is 53.6 Å². The van der Waals surface area contributed by atoms with Crippen molar-refractivity contribution in [3.8, 4) is 11.5 Å². The highest BCUT2D eigenvalue weighted by atomic mass is 19.3. The summed E-state index contributed by atoms with van der Waals surface area (Å²) in [5, 5.41) is 11.5. The van der Waals surface area contributed by atoms with Gasteiger partial charge in [-0.1, -0.05) is 18.2 Å². The van der Waals surface area contributed by atoms with E-state index in [1.807, 2.05) is 0 Å². The van der Waals surface area contributed by atoms with Crippen LogP contribution in [-0.4, -0.2) is 30.2 Å². The zero-order valence-electron chi connectivity index (χ0n) is 14.2. The highest BCUT2D eigenvalue weighted by molar-refractivity contribution is 6.00. The Balaban J connectivity index is 2.05. The summed E-state index contributed by atoms with van der Waals surface area (Å²) in [6.45, 7) is -6.46. The number of amides is 1. The highest BCUT2D eigenvalue weighted by Gasteiger charge is 2.16. The molecular formula is C18H15F4NO5. The fraction of sp³-hybridized carbons (Fsp3) is 0.222. The maximum atomic E-state index is 12.5. The van der Waals surface area contributed by atoms with Crippen LogP contribution in [0.15, 0.2) is 42.5 Å². The van der Waals surface area contributed by atoms with E-state index in [0.717, 1.165) is 12.1 Å². The monoisotopic (exact) mass is 401 g/mol. The van der Waals surface area contributed by atoms with E-state index in [1.165, 1.54) is 24.3 Å². The molecule has 0 saturated heterocycles. The van der Waals surface area contributed by atoms with Crippen molar-refractivity contribution in [3.63, 3.8) is 0 Å². The quantitative estimate of drug-likeness (QED) is 0.617. The van der Waals surface area contributed by atoms with Gasteiger partial charge in [-0.05, 0) is 36.2 Å². The van der Waals surface area contributed by atoms with E-state index in [2.05, 4.69) is 14.8 Å². The summed E-state index contributed by atoms with van der Waals surface area (Å²) in [7, 11) is 0. The first kappa shape index (κ1) is 21.0. The van der Waals surface area contributed by atoms with Crippen molar-refractivity contribution >= 4 is 17.6 Å². The fourth-order valence-electron chi connectivity index (χ4n) is 2.34. The van der Waals surface area contributed by atoms with Crippen LogP contribution in [0.4, 0.5) is 23.2 Å². The number of aromatic carboxylic acids is 1. The van der Waals surface area contributed by atoms with Crippen LogP contribution in [0.25, 0.3) is 0 Å². The van der Waals surface area contributed by atoms with Gasteiger partial charge in [0, 0.05) is 6.42 Å². The Kier molecular flexibility index (Phi) is 7.19. The van der Waals surface area contributed by atoms with Gasteiger partial charge in [0.25, 0.3) is 0 Å². The predicted octanol–water partition coefficient (Wildman–Crippen LogP) is 4.16. The number of carboxylic acids is 1. The van der Waals surface area contributed by atoms with Gasteiger partial charge in [-0.25, -0.2) is 4.79 Å². The number of para-hydroxylation sites is 1. The smallest absolute Gasteiger partial charge is 0.387 e. The molecule has 0 fully saturated rings. The standard InChI is InChI=1S/C18H15F4NO5/c19-17(20)27-13-7-5-10(9-14(13)28-18(21)22)6-8-15(24)23-12-4-2-1-3-11(12)16(25)26/h1-5,7,9,17-18H,6,8H2,(H,23,24)(H,25,26). The van der Waals surface area contributed by atoms with Crippen molar-refractivity contribution in [2.24, 2.45) is 0 Å². The molecule has 0 heterocycles. The second-order valence-corrected chi connectivity index (χ2v) is 5.44. The van der Waals surface area contributed by atoms with Crippen LogP contribution in [0.1, 0.15) is 22.3 Å². The fourth-order valence-corrected chi connectivity index (χ4v) is 2.34. The summed E-state index contributed by atoms with van der Waals surface area (Å²) in [6.07, 6.45) is -0.0489. The second kappa shape index (κ2) is 9.58. The number of hydrogen-bond acceptors (Lipinski definition) is 4. The molecule has 2 rings (SSSR count). The van der Waals surface area contributed by atoms with Crippen LogP contribution in [0.2, 0.25) is 0 Å². The van der Waals surface area contributed by atoms with Crippen LogP contribution in [0.5, 0.6) is 11.5 Å². The van der Waals surface area contributed by atoms with Gasteiger partial charge in [0.1, 0.15) is 0 Å². The molecule has 0 saturated carbocycles. The van der Waals surface area contributed by atoms with Crippen molar-refractivity contribution in [2.45, 2.75) is 26.1 Å². The van der Waals surface area contributed by atoms with Gasteiger partial charge in [0.15, 0.2) is 11.5 Å². The third kappa shape index (κ3) is 6.15. The van der Waals surface area contributed by atoms with Gasteiger partial charge in [-0.2, -0.15) is 17.6 Å². The van der Waals surface area contributed by atoms with Gasteiger partial charge in [-0.3, -0.25) is 4.79 Å². The molecule has 2 aromatic rings. The van der Waals surface area contributed by atoms with Crippen LogP contribution >= 0.6 is 0 Å². The van der Waals surface area contributed by atoms with Crippen molar-refractivity contribution in [2.75, 3.05) is 5.32 Å². The predicted molar refractivity (Wildman–Crippen MR) is 90.1 cm³/mol. The molecule has 0 unspecified atom stereocenters. The topological polar surface area (TPSA) is 84.9 Å². The van der Waals surface area contributed by atoms with E-state index in [9.17, 15) is 27.2 Å². The summed E-state index contributed by atoms with van der Waals surface area (Å²) in [5.74, 6) is -2.86. The van der Waals surface area contributed by atoms with Gasteiger partial charge in [0.2, 0.25) is 5.91 Å². The Bertz CT molecular complexity index is 844. The summed E-state index contributed by atoms with van der Waals surface area (Å²) in [5.41, 5.74) is 0.387. The van der Waals surface area contributed by atoms with E-state index in [4.69, 9.17) is 5.11 Å². The molecule has 0 aliphatic carbocycles. The van der Waals surface area contributed by atoms with E-state index >= 15 is 0 Å². The minimum absolute atomic E-state index is 0.0651. The number of carbonyl (C=O) groups excluding carboxylic acids is 1. The number of anilines is 1. The Morgan fingerprint density at radius 2 is 1.61 bits per heavy atom. The molecular weight excluding hydrogens is 386 g/mol. The zero-order chi connectivity index (χ0) is 20.7. The molecule has 0 aliphatic heterocycles. The SMILES string of the molecule is O=C(CCc1ccc(OC(F)F)c(OC(F)F)c1)Nc1ccccc1C(=O)O. The Morgan fingerprint density at radius 3 is 2.25 bits per heavy atom. The molecule has 2 aromatic carbocycles. The molecule has 1 amide bonds. The first-order valence-electron chi connectivity index (χ1n) is 7.91. The van der Waals surface area contributed by atoms with E-state index in [1.54, 1.807) is 6.07 Å². The molecule has 150 valence electrons. The highest BCUT2D eigenvalue weighted by Crippen LogP contribution is 2.31. The maximum Gasteiger partial charge on any atom is 0.387 e. The number of rotatable bonds is 9. The van der Waals surface area contributed by atoms with E-state index in [-0.39, 0.29) is 24.1 Å². The first-order chi connectivity index (χ1) is 13.3. The Morgan fingerprint density at radius 1 is 0.964 bits per heavy atom. The van der Waals surface area contributed by atoms with E-state index < -0.39 is 36.6 Å². The maximum absolute atomic E-state index is 12.5. The van der Waals surface area contributed by atoms with Gasteiger partial charge >= 0.3 is 19.2 Å². The minimum Gasteiger partial charge on any atom is -0.478 e. The molecule has 0 atom stereocenters. The van der Waals surface area contributed by atoms with Crippen molar-refractivity contribution < 1.29 is 41.7 Å². The molecule has 2 N–H and O–H groups in total. The second-order valence-electron chi connectivity index (χ2n) is 5.44. The number of ether oxygens (including phenoxy) is 2. The number of carboxylic acid groups (broad SMARTS) is 1. The number of halogens is 4. The third-order valence-electron chi connectivity index (χ3n) is 3.51. The zero-order valence-corrected chi connectivity index (χ0v) is 14.2. The largest absolute Gasteiger partial charge is 0.478 e. The lowest BCUT2D eigenvalue weighted by molar-refractivity contribution is -0.116. The molecule has 28 heavy (non-hydrogen) atoms. The number of benzene rings is 2. The van der Waals surface area contributed by atoms with Crippen molar-refractivity contribution in [1.82, 2.24) is 0 Å². The molecule has 10 heteroatoms. The van der Waals surface area contributed by atoms with Gasteiger partial charge in [0.05, 0.1) is 11.3 Å². The summed E-state index contributed by atoms with van der Waals surface area (Å²) in [4.78, 5) is 23.2. The first-order valence-corrected chi connectivity index (χ1v) is 7.91. The number of nitrogens with one attached hydrogen (secondary N) is 1. The molecule has 0 radical (unpaired) electrons. The molecule has 0 aliphatic rings. The van der Waals surface area contributed by atoms with Gasteiger partial charge < -0.3 is 19.9 Å². The number of hydrogen-bond donors (Lipinski definition) is 2. The number of aryl methyl sites for hydroxylation is 1. The molecule has 0 bridgehead atoms. The summed E-state index contributed by atoms with van der Waals surface area (Å²) < 4.78 is 57.8. The lowest BCUT2D eigenvalue weighted by atomic mass is 10.1. The Hall–Kier alpha value is -3.30.